The van der Waals surface area contributed by atoms with Crippen LogP contribution in [-0.2, 0) is 9.53 Å². The van der Waals surface area contributed by atoms with Crippen molar-refractivity contribution in [3.8, 4) is 0 Å². The zero-order chi connectivity index (χ0) is 13.2. The number of nitrogens with one attached hydrogen (secondary N) is 2. The van der Waals surface area contributed by atoms with Gasteiger partial charge >= 0.3 is 0 Å². The minimum absolute atomic E-state index is 0. The van der Waals surface area contributed by atoms with E-state index in [1.54, 1.807) is 7.11 Å². The highest BCUT2D eigenvalue weighted by Gasteiger charge is 2.39. The number of rotatable bonds is 3. The van der Waals surface area contributed by atoms with Crippen LogP contribution in [0, 0.1) is 5.92 Å². The van der Waals surface area contributed by atoms with E-state index in [4.69, 9.17) is 4.74 Å². The van der Waals surface area contributed by atoms with Gasteiger partial charge in [0, 0.05) is 19.2 Å². The summed E-state index contributed by atoms with van der Waals surface area (Å²) < 4.78 is 5.36. The van der Waals surface area contributed by atoms with Gasteiger partial charge in [-0.05, 0) is 44.4 Å². The maximum atomic E-state index is 12.3. The number of carbonyl (C=O) groups is 1. The zero-order valence-electron chi connectivity index (χ0n) is 12.3. The number of hydrogen-bond acceptors (Lipinski definition) is 3. The van der Waals surface area contributed by atoms with E-state index in [1.807, 2.05) is 0 Å². The van der Waals surface area contributed by atoms with Gasteiger partial charge in [0.15, 0.2) is 0 Å². The lowest BCUT2D eigenvalue weighted by Crippen LogP contribution is -2.46. The first kappa shape index (κ1) is 16.1. The van der Waals surface area contributed by atoms with Gasteiger partial charge in [0.05, 0.1) is 12.1 Å². The Morgan fingerprint density at radius 2 is 1.95 bits per heavy atom. The maximum Gasteiger partial charge on any atom is 0.237 e. The van der Waals surface area contributed by atoms with Gasteiger partial charge in [0.2, 0.25) is 5.91 Å². The molecule has 5 atom stereocenters. The molecule has 1 amide bonds. The van der Waals surface area contributed by atoms with Crippen LogP contribution in [0.15, 0.2) is 0 Å². The predicted octanol–water partition coefficient (Wildman–Crippen LogP) is 2.01. The summed E-state index contributed by atoms with van der Waals surface area (Å²) in [6.45, 7) is 0. The number of carbonyl (C=O) groups excluding carboxylic acids is 1. The van der Waals surface area contributed by atoms with Crippen LogP contribution >= 0.6 is 12.4 Å². The molecular weight excluding hydrogens is 276 g/mol. The Labute approximate surface area is 127 Å². The second kappa shape index (κ2) is 7.10. The molecule has 2 N–H and O–H groups in total. The predicted molar refractivity (Wildman–Crippen MR) is 81.1 cm³/mol. The Balaban J connectivity index is 0.00000147. The molecule has 5 unspecified atom stereocenters. The Bertz CT molecular complexity index is 326. The average molecular weight is 303 g/mol. The van der Waals surface area contributed by atoms with E-state index in [9.17, 15) is 4.79 Å². The van der Waals surface area contributed by atoms with E-state index < -0.39 is 0 Å². The molecule has 3 fully saturated rings. The maximum absolute atomic E-state index is 12.3. The summed E-state index contributed by atoms with van der Waals surface area (Å²) in [5.41, 5.74) is 0. The van der Waals surface area contributed by atoms with Crippen molar-refractivity contribution in [2.45, 2.75) is 75.6 Å². The minimum Gasteiger partial charge on any atom is -0.381 e. The molecule has 2 aliphatic carbocycles. The number of halogens is 1. The Morgan fingerprint density at radius 1 is 1.15 bits per heavy atom. The number of fused-ring (bicyclic) bond motifs is 1. The summed E-state index contributed by atoms with van der Waals surface area (Å²) in [7, 11) is 1.76. The zero-order valence-corrected chi connectivity index (χ0v) is 13.1. The molecule has 116 valence electrons. The largest absolute Gasteiger partial charge is 0.381 e. The summed E-state index contributed by atoms with van der Waals surface area (Å²) in [6.07, 6.45) is 9.70. The van der Waals surface area contributed by atoms with Gasteiger partial charge in [-0.25, -0.2) is 0 Å². The molecule has 1 aliphatic heterocycles. The van der Waals surface area contributed by atoms with E-state index >= 15 is 0 Å². The SMILES string of the molecule is COC1CCC(NC(=O)C2CC3CCCCC3N2)C1.Cl. The number of ether oxygens (including phenoxy) is 1. The van der Waals surface area contributed by atoms with Gasteiger partial charge in [-0.3, -0.25) is 4.79 Å². The monoisotopic (exact) mass is 302 g/mol. The van der Waals surface area contributed by atoms with E-state index in [-0.39, 0.29) is 24.4 Å². The highest BCUT2D eigenvalue weighted by atomic mass is 35.5. The van der Waals surface area contributed by atoms with Crippen LogP contribution in [0.5, 0.6) is 0 Å². The van der Waals surface area contributed by atoms with Gasteiger partial charge in [0.25, 0.3) is 0 Å². The van der Waals surface area contributed by atoms with Crippen molar-refractivity contribution < 1.29 is 9.53 Å². The average Bonchev–Trinajstić information content (AvgIpc) is 3.04. The molecule has 1 heterocycles. The second-order valence-electron chi connectivity index (χ2n) is 6.48. The molecule has 0 aromatic heterocycles. The van der Waals surface area contributed by atoms with Gasteiger partial charge in [-0.2, -0.15) is 0 Å². The number of hydrogen-bond donors (Lipinski definition) is 2. The second-order valence-corrected chi connectivity index (χ2v) is 6.48. The summed E-state index contributed by atoms with van der Waals surface area (Å²) in [5, 5.41) is 6.76. The van der Waals surface area contributed by atoms with Crippen molar-refractivity contribution in [3.63, 3.8) is 0 Å². The van der Waals surface area contributed by atoms with E-state index in [0.717, 1.165) is 31.6 Å². The van der Waals surface area contributed by atoms with E-state index in [0.29, 0.717) is 18.2 Å². The molecule has 0 bridgehead atoms. The van der Waals surface area contributed by atoms with Gasteiger partial charge in [0.1, 0.15) is 0 Å². The fourth-order valence-electron chi connectivity index (χ4n) is 4.11. The third kappa shape index (κ3) is 3.46. The third-order valence-electron chi connectivity index (χ3n) is 5.24. The smallest absolute Gasteiger partial charge is 0.237 e. The molecule has 0 aromatic carbocycles. The van der Waals surface area contributed by atoms with Crippen LogP contribution in [-0.4, -0.2) is 37.2 Å². The first-order valence-corrected chi connectivity index (χ1v) is 7.85. The summed E-state index contributed by atoms with van der Waals surface area (Å²) in [6, 6.07) is 0.969. The van der Waals surface area contributed by atoms with Crippen molar-refractivity contribution in [2.24, 2.45) is 5.92 Å². The number of methoxy groups -OCH3 is 1. The molecule has 1 saturated heterocycles. The molecule has 3 aliphatic rings. The molecule has 2 saturated carbocycles. The Kier molecular flexibility index (Phi) is 5.70. The lowest BCUT2D eigenvalue weighted by Gasteiger charge is -2.24. The molecule has 4 nitrogen and oxygen atoms in total. The summed E-state index contributed by atoms with van der Waals surface area (Å²) >= 11 is 0. The quantitative estimate of drug-likeness (QED) is 0.838. The fraction of sp³-hybridized carbons (Fsp3) is 0.933. The normalized spacial score (nSPS) is 40.0. The van der Waals surface area contributed by atoms with Crippen LogP contribution in [0.3, 0.4) is 0 Å². The fourth-order valence-corrected chi connectivity index (χ4v) is 4.11. The van der Waals surface area contributed by atoms with Crippen LogP contribution in [0.1, 0.15) is 51.4 Å². The molecule has 0 radical (unpaired) electrons. The lowest BCUT2D eigenvalue weighted by atomic mass is 9.85. The molecule has 3 rings (SSSR count). The van der Waals surface area contributed by atoms with Crippen LogP contribution < -0.4 is 10.6 Å². The van der Waals surface area contributed by atoms with Gasteiger partial charge in [-0.15, -0.1) is 12.4 Å². The minimum atomic E-state index is 0. The third-order valence-corrected chi connectivity index (χ3v) is 5.24. The first-order chi connectivity index (χ1) is 9.26. The highest BCUT2D eigenvalue weighted by molar-refractivity contribution is 5.85. The molecule has 0 spiro atoms. The molecular formula is C15H27ClN2O2. The summed E-state index contributed by atoms with van der Waals surface area (Å²) in [4.78, 5) is 12.3. The van der Waals surface area contributed by atoms with Gasteiger partial charge in [-0.1, -0.05) is 12.8 Å². The Morgan fingerprint density at radius 3 is 2.65 bits per heavy atom. The number of amides is 1. The Hall–Kier alpha value is -0.320. The van der Waals surface area contributed by atoms with Gasteiger partial charge < -0.3 is 15.4 Å². The molecule has 0 aromatic rings. The standard InChI is InChI=1S/C15H26N2O2.ClH/c1-19-12-7-6-11(9-12)16-15(18)14-8-10-4-2-3-5-13(10)17-14;/h10-14,17H,2-9H2,1H3,(H,16,18);1H. The van der Waals surface area contributed by atoms with E-state index in [1.165, 1.54) is 25.7 Å². The molecule has 20 heavy (non-hydrogen) atoms. The van der Waals surface area contributed by atoms with Crippen molar-refractivity contribution in [1.82, 2.24) is 10.6 Å². The van der Waals surface area contributed by atoms with Crippen molar-refractivity contribution in [1.29, 1.82) is 0 Å². The highest BCUT2D eigenvalue weighted by Crippen LogP contribution is 2.33. The van der Waals surface area contributed by atoms with Crippen molar-refractivity contribution in [3.05, 3.63) is 0 Å². The topological polar surface area (TPSA) is 50.4 Å². The van der Waals surface area contributed by atoms with Crippen LogP contribution in [0.2, 0.25) is 0 Å². The first-order valence-electron chi connectivity index (χ1n) is 7.85. The molecule has 5 heteroatoms. The lowest BCUT2D eigenvalue weighted by molar-refractivity contribution is -0.123. The van der Waals surface area contributed by atoms with Crippen LogP contribution in [0.4, 0.5) is 0 Å². The van der Waals surface area contributed by atoms with Crippen molar-refractivity contribution in [2.75, 3.05) is 7.11 Å². The van der Waals surface area contributed by atoms with E-state index in [2.05, 4.69) is 10.6 Å². The van der Waals surface area contributed by atoms with Crippen LogP contribution in [0.25, 0.3) is 0 Å². The summed E-state index contributed by atoms with van der Waals surface area (Å²) in [5.74, 6) is 0.955. The van der Waals surface area contributed by atoms with Crippen molar-refractivity contribution >= 4 is 18.3 Å².